The molecular weight excluding hydrogens is 322 g/mol. The maximum atomic E-state index is 13.2. The Bertz CT molecular complexity index is 669. The van der Waals surface area contributed by atoms with Crippen molar-refractivity contribution in [3.63, 3.8) is 0 Å². The molecule has 0 aromatic heterocycles. The number of hydrogen-bond donors (Lipinski definition) is 0. The molecule has 1 aromatic rings. The summed E-state index contributed by atoms with van der Waals surface area (Å²) in [7, 11) is -1.44. The van der Waals surface area contributed by atoms with Crippen molar-refractivity contribution in [3.8, 4) is 0 Å². The molecule has 1 aliphatic carbocycles. The number of benzene rings is 1. The van der Waals surface area contributed by atoms with Crippen LogP contribution in [0.25, 0.3) is 0 Å². The fraction of sp³-hybridized carbons (Fsp3) is 0.625. The van der Waals surface area contributed by atoms with Gasteiger partial charge in [-0.1, -0.05) is 6.07 Å². The molecule has 1 heterocycles. The molecule has 23 heavy (non-hydrogen) atoms. The quantitative estimate of drug-likeness (QED) is 0.823. The van der Waals surface area contributed by atoms with E-state index in [2.05, 4.69) is 4.90 Å². The maximum absolute atomic E-state index is 13.2. The Morgan fingerprint density at radius 2 is 1.78 bits per heavy atom. The Hall–Kier alpha value is -1.05. The second-order valence-corrected chi connectivity index (χ2v) is 8.79. The lowest BCUT2D eigenvalue weighted by Crippen LogP contribution is -2.46. The van der Waals surface area contributed by atoms with Gasteiger partial charge in [0.1, 0.15) is 0 Å². The van der Waals surface area contributed by atoms with Crippen LogP contribution >= 0.6 is 0 Å². The lowest BCUT2D eigenvalue weighted by Gasteiger charge is -2.36. The molecule has 2 aliphatic rings. The minimum Gasteiger partial charge on any atom is -0.299 e. The number of sulfonamides is 1. The van der Waals surface area contributed by atoms with E-state index >= 15 is 0 Å². The van der Waals surface area contributed by atoms with Crippen LogP contribution in [-0.4, -0.2) is 49.1 Å². The molecule has 4 nitrogen and oxygen atoms in total. The van der Waals surface area contributed by atoms with Crippen LogP contribution in [0.3, 0.4) is 0 Å². The SMILES string of the molecule is CN(C1CCN(Cc2ccc(F)c(F)c2)CC1)S(=O)(=O)C1CC1. The summed E-state index contributed by atoms with van der Waals surface area (Å²) in [5.74, 6) is -1.66. The van der Waals surface area contributed by atoms with Crippen LogP contribution in [0.5, 0.6) is 0 Å². The summed E-state index contributed by atoms with van der Waals surface area (Å²) in [6.45, 7) is 2.07. The number of piperidine rings is 1. The second-order valence-electron chi connectivity index (χ2n) is 6.52. The highest BCUT2D eigenvalue weighted by atomic mass is 32.2. The molecule has 128 valence electrons. The van der Waals surface area contributed by atoms with Gasteiger partial charge >= 0.3 is 0 Å². The highest BCUT2D eigenvalue weighted by Gasteiger charge is 2.41. The van der Waals surface area contributed by atoms with Gasteiger partial charge in [-0.2, -0.15) is 0 Å². The van der Waals surface area contributed by atoms with E-state index in [1.54, 1.807) is 17.4 Å². The minimum atomic E-state index is -3.13. The maximum Gasteiger partial charge on any atom is 0.216 e. The van der Waals surface area contributed by atoms with Crippen LogP contribution < -0.4 is 0 Å². The molecule has 1 aromatic carbocycles. The second kappa shape index (κ2) is 6.45. The van der Waals surface area contributed by atoms with E-state index in [1.165, 1.54) is 6.07 Å². The number of hydrogen-bond acceptors (Lipinski definition) is 3. The zero-order valence-corrected chi connectivity index (χ0v) is 14.0. The zero-order valence-electron chi connectivity index (χ0n) is 13.2. The summed E-state index contributed by atoms with van der Waals surface area (Å²) >= 11 is 0. The molecule has 1 saturated heterocycles. The monoisotopic (exact) mass is 344 g/mol. The average molecular weight is 344 g/mol. The van der Waals surface area contributed by atoms with Crippen molar-refractivity contribution in [3.05, 3.63) is 35.4 Å². The number of likely N-dealkylation sites (tertiary alicyclic amines) is 1. The van der Waals surface area contributed by atoms with Crippen molar-refractivity contribution in [2.75, 3.05) is 20.1 Å². The topological polar surface area (TPSA) is 40.6 Å². The first-order valence-electron chi connectivity index (χ1n) is 8.01. The summed E-state index contributed by atoms with van der Waals surface area (Å²) in [6.07, 6.45) is 3.10. The first kappa shape index (κ1) is 16.8. The van der Waals surface area contributed by atoms with E-state index in [9.17, 15) is 17.2 Å². The van der Waals surface area contributed by atoms with E-state index in [1.807, 2.05) is 0 Å². The Kier molecular flexibility index (Phi) is 4.71. The highest BCUT2D eigenvalue weighted by molar-refractivity contribution is 7.90. The molecule has 0 bridgehead atoms. The van der Waals surface area contributed by atoms with Gasteiger partial charge in [0.2, 0.25) is 10.0 Å². The van der Waals surface area contributed by atoms with E-state index in [0.29, 0.717) is 6.54 Å². The van der Waals surface area contributed by atoms with Gasteiger partial charge in [-0.3, -0.25) is 4.90 Å². The van der Waals surface area contributed by atoms with Gasteiger partial charge in [0.05, 0.1) is 5.25 Å². The van der Waals surface area contributed by atoms with Gasteiger partial charge in [0.25, 0.3) is 0 Å². The molecule has 0 spiro atoms. The lowest BCUT2D eigenvalue weighted by atomic mass is 10.0. The third-order valence-electron chi connectivity index (χ3n) is 4.81. The average Bonchev–Trinajstić information content (AvgIpc) is 3.36. The standard InChI is InChI=1S/C16H22F2N2O2S/c1-19(23(21,22)14-3-4-14)13-6-8-20(9-7-13)11-12-2-5-15(17)16(18)10-12/h2,5,10,13-14H,3-4,6-9,11H2,1H3. The van der Waals surface area contributed by atoms with Gasteiger partial charge in [-0.25, -0.2) is 21.5 Å². The summed E-state index contributed by atoms with van der Waals surface area (Å²) in [5.41, 5.74) is 0.737. The lowest BCUT2D eigenvalue weighted by molar-refractivity contribution is 0.163. The molecule has 0 N–H and O–H groups in total. The number of halogens is 2. The van der Waals surface area contributed by atoms with E-state index < -0.39 is 21.7 Å². The van der Waals surface area contributed by atoms with Crippen LogP contribution in [0.4, 0.5) is 8.78 Å². The van der Waals surface area contributed by atoms with Gasteiger partial charge in [0, 0.05) is 32.7 Å². The minimum absolute atomic E-state index is 0.0433. The first-order valence-corrected chi connectivity index (χ1v) is 9.51. The third kappa shape index (κ3) is 3.72. The van der Waals surface area contributed by atoms with Crippen molar-refractivity contribution < 1.29 is 17.2 Å². The van der Waals surface area contributed by atoms with Crippen molar-refractivity contribution in [2.45, 2.75) is 43.5 Å². The van der Waals surface area contributed by atoms with Gasteiger partial charge in [-0.15, -0.1) is 0 Å². The summed E-state index contributed by atoms with van der Waals surface area (Å²) < 4.78 is 52.3. The van der Waals surface area contributed by atoms with Crippen molar-refractivity contribution >= 4 is 10.0 Å². The number of rotatable bonds is 5. The molecule has 0 radical (unpaired) electrons. The van der Waals surface area contributed by atoms with E-state index in [-0.39, 0.29) is 11.3 Å². The summed E-state index contributed by atoms with van der Waals surface area (Å²) in [6, 6.07) is 4.01. The zero-order chi connectivity index (χ0) is 16.6. The van der Waals surface area contributed by atoms with Crippen molar-refractivity contribution in [1.29, 1.82) is 0 Å². The van der Waals surface area contributed by atoms with Gasteiger partial charge in [0.15, 0.2) is 11.6 Å². The van der Waals surface area contributed by atoms with Crippen LogP contribution in [0.2, 0.25) is 0 Å². The fourth-order valence-corrected chi connectivity index (χ4v) is 4.97. The van der Waals surface area contributed by atoms with E-state index in [0.717, 1.165) is 50.4 Å². The van der Waals surface area contributed by atoms with Crippen LogP contribution in [0.1, 0.15) is 31.2 Å². The van der Waals surface area contributed by atoms with Crippen LogP contribution in [0, 0.1) is 11.6 Å². The first-order chi connectivity index (χ1) is 10.9. The molecule has 3 rings (SSSR count). The Labute approximate surface area is 136 Å². The normalized spacial score (nSPS) is 21.0. The number of nitrogens with zero attached hydrogens (tertiary/aromatic N) is 2. The molecule has 2 fully saturated rings. The summed E-state index contributed by atoms with van der Waals surface area (Å²) in [5, 5.41) is -0.173. The van der Waals surface area contributed by atoms with Crippen LogP contribution in [0.15, 0.2) is 18.2 Å². The summed E-state index contributed by atoms with van der Waals surface area (Å²) in [4.78, 5) is 2.15. The smallest absolute Gasteiger partial charge is 0.216 e. The molecule has 1 saturated carbocycles. The molecule has 0 atom stereocenters. The van der Waals surface area contributed by atoms with Gasteiger partial charge in [-0.05, 0) is 43.4 Å². The Balaban J connectivity index is 1.55. The molecule has 0 amide bonds. The molecular formula is C16H22F2N2O2S. The highest BCUT2D eigenvalue weighted by Crippen LogP contribution is 2.32. The van der Waals surface area contributed by atoms with Gasteiger partial charge < -0.3 is 0 Å². The largest absolute Gasteiger partial charge is 0.299 e. The van der Waals surface area contributed by atoms with E-state index in [4.69, 9.17) is 0 Å². The molecule has 1 aliphatic heterocycles. The predicted octanol–water partition coefficient (Wildman–Crippen LogP) is 2.35. The van der Waals surface area contributed by atoms with Crippen molar-refractivity contribution in [1.82, 2.24) is 9.21 Å². The Morgan fingerprint density at radius 1 is 1.13 bits per heavy atom. The fourth-order valence-electron chi connectivity index (χ4n) is 3.15. The Morgan fingerprint density at radius 3 is 2.35 bits per heavy atom. The molecule has 7 heteroatoms. The van der Waals surface area contributed by atoms with Crippen molar-refractivity contribution in [2.24, 2.45) is 0 Å². The van der Waals surface area contributed by atoms with Crippen LogP contribution in [-0.2, 0) is 16.6 Å². The third-order valence-corrected chi connectivity index (χ3v) is 7.22. The molecule has 0 unspecified atom stereocenters. The predicted molar refractivity (Wildman–Crippen MR) is 84.4 cm³/mol.